The lowest BCUT2D eigenvalue weighted by molar-refractivity contribution is 0.507. The van der Waals surface area contributed by atoms with Gasteiger partial charge in [-0.25, -0.2) is 8.78 Å². The zero-order chi connectivity index (χ0) is 14.2. The zero-order valence-electron chi connectivity index (χ0n) is 9.23. The third kappa shape index (κ3) is 3.40. The molecule has 19 heavy (non-hydrogen) atoms. The summed E-state index contributed by atoms with van der Waals surface area (Å²) in [7, 11) is 0. The summed E-state index contributed by atoms with van der Waals surface area (Å²) < 4.78 is 26.3. The average molecular weight is 386 g/mol. The summed E-state index contributed by atoms with van der Waals surface area (Å²) in [6.45, 7) is 0. The Morgan fingerprint density at radius 1 is 0.842 bits per heavy atom. The van der Waals surface area contributed by atoms with Crippen LogP contribution < -0.4 is 0 Å². The van der Waals surface area contributed by atoms with Crippen molar-refractivity contribution in [1.29, 1.82) is 0 Å². The van der Waals surface area contributed by atoms with Crippen molar-refractivity contribution in [3.8, 4) is 0 Å². The highest BCUT2D eigenvalue weighted by atomic mass is 79.9. The molecule has 0 spiro atoms. The third-order valence-corrected chi connectivity index (χ3v) is 4.28. The highest BCUT2D eigenvalue weighted by molar-refractivity contribution is 9.09. The lowest BCUT2D eigenvalue weighted by Gasteiger charge is -2.14. The van der Waals surface area contributed by atoms with Gasteiger partial charge in [0.1, 0.15) is 0 Å². The van der Waals surface area contributed by atoms with Gasteiger partial charge in [-0.3, -0.25) is 0 Å². The van der Waals surface area contributed by atoms with Crippen LogP contribution in [-0.2, 0) is 0 Å². The predicted molar refractivity (Wildman–Crippen MR) is 78.6 cm³/mol. The van der Waals surface area contributed by atoms with Crippen LogP contribution in [-0.4, -0.2) is 0 Å². The van der Waals surface area contributed by atoms with Gasteiger partial charge in [0.25, 0.3) is 0 Å². The standard InChI is InChI=1S/C13H6BrCl3F2/c14-13(6-1-7(15)3-8(16)2-6)9-4-11(18)12(19)5-10(9)17/h1-5,13H. The maximum atomic E-state index is 13.3. The fraction of sp³-hybridized carbons (Fsp3) is 0.0769. The Morgan fingerprint density at radius 3 is 1.95 bits per heavy atom. The van der Waals surface area contributed by atoms with E-state index >= 15 is 0 Å². The summed E-state index contributed by atoms with van der Waals surface area (Å²) in [5.41, 5.74) is 1.10. The second kappa shape index (κ2) is 5.96. The lowest BCUT2D eigenvalue weighted by Crippen LogP contribution is -1.97. The van der Waals surface area contributed by atoms with Crippen LogP contribution in [0.4, 0.5) is 8.78 Å². The van der Waals surface area contributed by atoms with Gasteiger partial charge in [0.05, 0.1) is 4.83 Å². The Labute approximate surface area is 132 Å². The molecule has 0 radical (unpaired) electrons. The highest BCUT2D eigenvalue weighted by Gasteiger charge is 2.18. The first-order chi connectivity index (χ1) is 8.88. The van der Waals surface area contributed by atoms with E-state index in [-0.39, 0.29) is 5.02 Å². The first-order valence-electron chi connectivity index (χ1n) is 5.13. The topological polar surface area (TPSA) is 0 Å². The molecule has 100 valence electrons. The maximum Gasteiger partial charge on any atom is 0.160 e. The van der Waals surface area contributed by atoms with Gasteiger partial charge in [0.2, 0.25) is 0 Å². The van der Waals surface area contributed by atoms with E-state index in [9.17, 15) is 8.78 Å². The average Bonchev–Trinajstić information content (AvgIpc) is 2.31. The molecule has 1 atom stereocenters. The normalized spacial score (nSPS) is 12.5. The van der Waals surface area contributed by atoms with Crippen LogP contribution in [0.25, 0.3) is 0 Å². The van der Waals surface area contributed by atoms with Gasteiger partial charge < -0.3 is 0 Å². The van der Waals surface area contributed by atoms with E-state index in [2.05, 4.69) is 15.9 Å². The van der Waals surface area contributed by atoms with Crippen LogP contribution in [0.15, 0.2) is 30.3 Å². The number of rotatable bonds is 2. The zero-order valence-corrected chi connectivity index (χ0v) is 13.1. The maximum absolute atomic E-state index is 13.3. The fourth-order valence-electron chi connectivity index (χ4n) is 1.63. The number of hydrogen-bond donors (Lipinski definition) is 0. The summed E-state index contributed by atoms with van der Waals surface area (Å²) in [5, 5.41) is 1.02. The molecule has 1 unspecified atom stereocenters. The monoisotopic (exact) mass is 384 g/mol. The minimum atomic E-state index is -0.988. The Hall–Kier alpha value is -0.350. The summed E-state index contributed by atoms with van der Waals surface area (Å²) in [6, 6.07) is 6.91. The molecule has 0 N–H and O–H groups in total. The predicted octanol–water partition coefficient (Wildman–Crippen LogP) is 6.41. The van der Waals surface area contributed by atoms with Gasteiger partial charge in [-0.1, -0.05) is 50.7 Å². The van der Waals surface area contributed by atoms with Crippen LogP contribution in [0, 0.1) is 11.6 Å². The molecule has 0 saturated heterocycles. The van der Waals surface area contributed by atoms with E-state index in [0.717, 1.165) is 12.1 Å². The molecule has 0 saturated carbocycles. The minimum absolute atomic E-state index is 0.122. The summed E-state index contributed by atoms with van der Waals surface area (Å²) in [4.78, 5) is -0.439. The summed E-state index contributed by atoms with van der Waals surface area (Å²) in [6.07, 6.45) is 0. The number of alkyl halides is 1. The Morgan fingerprint density at radius 2 is 1.37 bits per heavy atom. The van der Waals surface area contributed by atoms with Gasteiger partial charge in [-0.2, -0.15) is 0 Å². The Bertz CT molecular complexity index is 611. The first kappa shape index (κ1) is 15.0. The molecule has 0 nitrogen and oxygen atoms in total. The molecule has 2 aromatic rings. The highest BCUT2D eigenvalue weighted by Crippen LogP contribution is 2.38. The van der Waals surface area contributed by atoms with Crippen LogP contribution >= 0.6 is 50.7 Å². The molecular formula is C13H6BrCl3F2. The second-order valence-electron chi connectivity index (χ2n) is 3.85. The van der Waals surface area contributed by atoms with Crippen molar-refractivity contribution in [2.24, 2.45) is 0 Å². The number of halogens is 6. The SMILES string of the molecule is Fc1cc(Cl)c(C(Br)c2cc(Cl)cc(Cl)c2)cc1F. The Kier molecular flexibility index (Phi) is 4.72. The van der Waals surface area contributed by atoms with Crippen LogP contribution in [0.5, 0.6) is 0 Å². The van der Waals surface area contributed by atoms with Crippen molar-refractivity contribution in [2.45, 2.75) is 4.83 Å². The smallest absolute Gasteiger partial charge is 0.160 e. The van der Waals surface area contributed by atoms with Crippen molar-refractivity contribution >= 4 is 50.7 Å². The van der Waals surface area contributed by atoms with E-state index < -0.39 is 16.5 Å². The lowest BCUT2D eigenvalue weighted by atomic mass is 10.0. The summed E-state index contributed by atoms with van der Waals surface area (Å²) in [5.74, 6) is -1.95. The molecule has 2 rings (SSSR count). The van der Waals surface area contributed by atoms with E-state index in [1.54, 1.807) is 18.2 Å². The van der Waals surface area contributed by atoms with Crippen molar-refractivity contribution in [3.05, 3.63) is 68.2 Å². The fourth-order valence-corrected chi connectivity index (χ4v) is 3.21. The van der Waals surface area contributed by atoms with E-state index in [4.69, 9.17) is 34.8 Å². The minimum Gasteiger partial charge on any atom is -0.204 e. The molecule has 0 amide bonds. The molecule has 6 heteroatoms. The van der Waals surface area contributed by atoms with Crippen molar-refractivity contribution in [2.75, 3.05) is 0 Å². The quantitative estimate of drug-likeness (QED) is 0.413. The molecule has 0 aliphatic heterocycles. The molecule has 0 bridgehead atoms. The Balaban J connectivity index is 2.49. The van der Waals surface area contributed by atoms with Gasteiger partial charge in [0.15, 0.2) is 11.6 Å². The molecule has 0 aliphatic carbocycles. The number of hydrogen-bond acceptors (Lipinski definition) is 0. The van der Waals surface area contributed by atoms with Gasteiger partial charge in [-0.15, -0.1) is 0 Å². The van der Waals surface area contributed by atoms with Crippen molar-refractivity contribution < 1.29 is 8.78 Å². The molecule has 0 fully saturated rings. The first-order valence-corrected chi connectivity index (χ1v) is 7.18. The summed E-state index contributed by atoms with van der Waals surface area (Å²) >= 11 is 21.1. The molecule has 0 aromatic heterocycles. The van der Waals surface area contributed by atoms with Gasteiger partial charge >= 0.3 is 0 Å². The van der Waals surface area contributed by atoms with Gasteiger partial charge in [-0.05, 0) is 41.5 Å². The van der Waals surface area contributed by atoms with Crippen LogP contribution in [0.3, 0.4) is 0 Å². The van der Waals surface area contributed by atoms with E-state index in [0.29, 0.717) is 21.2 Å². The van der Waals surface area contributed by atoms with E-state index in [1.165, 1.54) is 0 Å². The number of benzene rings is 2. The van der Waals surface area contributed by atoms with E-state index in [1.807, 2.05) is 0 Å². The van der Waals surface area contributed by atoms with Crippen molar-refractivity contribution in [3.63, 3.8) is 0 Å². The molecule has 0 heterocycles. The van der Waals surface area contributed by atoms with Crippen LogP contribution in [0.1, 0.15) is 16.0 Å². The molecule has 0 aliphatic rings. The largest absolute Gasteiger partial charge is 0.204 e. The molecular weight excluding hydrogens is 380 g/mol. The second-order valence-corrected chi connectivity index (χ2v) is 6.05. The van der Waals surface area contributed by atoms with Gasteiger partial charge in [0, 0.05) is 15.1 Å². The third-order valence-electron chi connectivity index (χ3n) is 2.49. The van der Waals surface area contributed by atoms with Crippen molar-refractivity contribution in [1.82, 2.24) is 0 Å². The van der Waals surface area contributed by atoms with Crippen LogP contribution in [0.2, 0.25) is 15.1 Å². The molecule has 2 aromatic carbocycles.